The van der Waals surface area contributed by atoms with Gasteiger partial charge >= 0.3 is 24.1 Å². The smallest absolute Gasteiger partial charge is 0.318 e. The number of nitrogens with zero attached hydrogens (tertiary/aromatic N) is 4. The fourth-order valence-corrected chi connectivity index (χ4v) is 16.9. The first-order valence-corrected chi connectivity index (χ1v) is 44.6. The molecule has 0 spiro atoms. The monoisotopic (exact) mass is 1730 g/mol. The number of carbonyl (C=O) groups is 8. The Labute approximate surface area is 739 Å². The molecule has 0 radical (unpaired) electrons. The molecule has 4 aromatic rings. The fourth-order valence-electron chi connectivity index (χ4n) is 16.9. The molecule has 0 fully saturated rings. The third-order valence-corrected chi connectivity index (χ3v) is 22.3. The van der Waals surface area contributed by atoms with Gasteiger partial charge in [-0.3, -0.25) is 19.2 Å². The normalized spacial score (nSPS) is 16.1. The highest BCUT2D eigenvalue weighted by atomic mass is 16.3. The van der Waals surface area contributed by atoms with Gasteiger partial charge in [-0.25, -0.2) is 19.2 Å². The maximum absolute atomic E-state index is 15.5. The molecular formula is C96H156N12O16. The van der Waals surface area contributed by atoms with Crippen LogP contribution in [-0.4, -0.2) is 183 Å². The first kappa shape index (κ1) is 105. The van der Waals surface area contributed by atoms with Crippen LogP contribution in [0.25, 0.3) is 0 Å². The minimum absolute atomic E-state index is 0.00108. The lowest BCUT2D eigenvalue weighted by Gasteiger charge is -2.37. The number of phenolic OH excluding ortho intramolecular Hbond substituents is 8. The van der Waals surface area contributed by atoms with Gasteiger partial charge in [-0.05, 0) is 206 Å². The first-order valence-electron chi connectivity index (χ1n) is 44.6. The topological polar surface area (TPSA) is 408 Å². The SMILES string of the molecule is CNC(=O)[C@H](CC(C)C)N(Cc1c(O)c2cc(c1O)C(CC(C)C)c1cc(c(O)c(CN(C(=O)NC(C)(C)C)[C@@H](CC(C)C)C(=O)NC)c1O)C(CC(C)C)c1cc(c(O)c(CN(C(=O)NC(C)(C)C)[C@@H](CC(C)C)C(=O)NC)c1O)C(CC(C)C)c1cc(c(O)c(CN(C(=O)NC(C)(C)C)[C@@H](CC(C)C)C(=O)NC)c1O)C2CC(C)C)C(=O)NC(C)(C)C. The quantitative estimate of drug-likeness (QED) is 0.0216. The van der Waals surface area contributed by atoms with Crippen LogP contribution in [0.2, 0.25) is 0 Å². The molecule has 12 amide bonds. The molecule has 0 saturated carbocycles. The van der Waals surface area contributed by atoms with E-state index in [-0.39, 0.29) is 142 Å². The number of hydrogen-bond acceptors (Lipinski definition) is 16. The molecule has 28 nitrogen and oxygen atoms in total. The third kappa shape index (κ3) is 27.1. The summed E-state index contributed by atoms with van der Waals surface area (Å²) in [5.74, 6) is -15.0. The molecule has 0 heterocycles. The van der Waals surface area contributed by atoms with Gasteiger partial charge in [0.1, 0.15) is 70.2 Å². The fraction of sp³-hybridized carbons (Fsp3) is 0.667. The van der Waals surface area contributed by atoms with Gasteiger partial charge in [0.15, 0.2) is 0 Å². The van der Waals surface area contributed by atoms with Crippen LogP contribution in [0.5, 0.6) is 46.0 Å². The van der Waals surface area contributed by atoms with Crippen LogP contribution < -0.4 is 42.5 Å². The van der Waals surface area contributed by atoms with Gasteiger partial charge in [-0.1, -0.05) is 111 Å². The van der Waals surface area contributed by atoms with Gasteiger partial charge in [0.2, 0.25) is 23.6 Å². The molecule has 8 bridgehead atoms. The molecule has 5 rings (SSSR count). The molecule has 696 valence electrons. The molecule has 124 heavy (non-hydrogen) atoms. The maximum Gasteiger partial charge on any atom is 0.318 e. The zero-order valence-corrected chi connectivity index (χ0v) is 80.7. The number of carbonyl (C=O) groups excluding carboxylic acids is 8. The Kier molecular flexibility index (Phi) is 36.3. The van der Waals surface area contributed by atoms with E-state index in [9.17, 15) is 60.0 Å². The van der Waals surface area contributed by atoms with Crippen molar-refractivity contribution in [2.24, 2.45) is 47.3 Å². The van der Waals surface area contributed by atoms with Crippen molar-refractivity contribution in [3.63, 3.8) is 0 Å². The molecular weight excluding hydrogens is 1580 g/mol. The molecule has 1 aliphatic carbocycles. The van der Waals surface area contributed by atoms with E-state index in [0.717, 1.165) is 0 Å². The minimum atomic E-state index is -1.31. The number of aromatic hydroxyl groups is 8. The average molecular weight is 1730 g/mol. The van der Waals surface area contributed by atoms with Gasteiger partial charge < -0.3 is 103 Å². The Morgan fingerprint density at radius 2 is 0.403 bits per heavy atom. The van der Waals surface area contributed by atoms with Crippen molar-refractivity contribution in [2.45, 2.75) is 341 Å². The van der Waals surface area contributed by atoms with E-state index in [1.807, 2.05) is 111 Å². The molecule has 0 unspecified atom stereocenters. The lowest BCUT2D eigenvalue weighted by Crippen LogP contribution is -2.55. The van der Waals surface area contributed by atoms with Crippen LogP contribution >= 0.6 is 0 Å². The maximum atomic E-state index is 15.5. The van der Waals surface area contributed by atoms with Crippen molar-refractivity contribution in [3.8, 4) is 46.0 Å². The van der Waals surface area contributed by atoms with Gasteiger partial charge in [0, 0.05) is 119 Å². The zero-order chi connectivity index (χ0) is 94.7. The Balaban J connectivity index is 2.51. The molecule has 16 N–H and O–H groups in total. The number of likely N-dealkylation sites (N-methyl/N-ethyl adjacent to an activating group) is 4. The Bertz CT molecular complexity index is 3750. The summed E-state index contributed by atoms with van der Waals surface area (Å²) in [6, 6.07) is -1.87. The van der Waals surface area contributed by atoms with Crippen LogP contribution in [-0.2, 0) is 45.4 Å². The number of hydrogen-bond donors (Lipinski definition) is 16. The Hall–Kier alpha value is -9.76. The number of fused-ring (bicyclic) bond motifs is 8. The van der Waals surface area contributed by atoms with E-state index < -0.39 is 214 Å². The van der Waals surface area contributed by atoms with Crippen LogP contribution in [0.1, 0.15) is 336 Å². The molecule has 4 atom stereocenters. The molecule has 0 aliphatic heterocycles. The molecule has 4 aromatic carbocycles. The van der Waals surface area contributed by atoms with E-state index in [2.05, 4.69) is 42.5 Å². The van der Waals surface area contributed by atoms with Crippen molar-refractivity contribution >= 4 is 47.8 Å². The third-order valence-electron chi connectivity index (χ3n) is 22.3. The number of benzene rings is 4. The molecule has 0 saturated heterocycles. The van der Waals surface area contributed by atoms with E-state index in [1.165, 1.54) is 47.8 Å². The second kappa shape index (κ2) is 43.0. The van der Waals surface area contributed by atoms with E-state index in [4.69, 9.17) is 0 Å². The highest BCUT2D eigenvalue weighted by molar-refractivity contribution is 5.90. The highest BCUT2D eigenvalue weighted by Crippen LogP contribution is 2.57. The zero-order valence-electron chi connectivity index (χ0n) is 80.7. The van der Waals surface area contributed by atoms with Crippen LogP contribution in [0.3, 0.4) is 0 Å². The summed E-state index contributed by atoms with van der Waals surface area (Å²) in [5.41, 5.74) is -4.95. The number of phenols is 8. The average Bonchev–Trinajstić information content (AvgIpc) is 0.732. The lowest BCUT2D eigenvalue weighted by molar-refractivity contribution is -0.126. The predicted molar refractivity (Wildman–Crippen MR) is 489 cm³/mol. The van der Waals surface area contributed by atoms with Crippen molar-refractivity contribution in [2.75, 3.05) is 28.2 Å². The van der Waals surface area contributed by atoms with Crippen LogP contribution in [0, 0.1) is 47.3 Å². The van der Waals surface area contributed by atoms with Crippen LogP contribution in [0.4, 0.5) is 19.2 Å². The Morgan fingerprint density at radius 1 is 0.266 bits per heavy atom. The summed E-state index contributed by atoms with van der Waals surface area (Å²) in [7, 11) is 5.74. The van der Waals surface area contributed by atoms with Gasteiger partial charge in [-0.2, -0.15) is 0 Å². The number of rotatable bonds is 32. The van der Waals surface area contributed by atoms with E-state index in [1.54, 1.807) is 107 Å². The summed E-state index contributed by atoms with van der Waals surface area (Å²) in [4.78, 5) is 126. The van der Waals surface area contributed by atoms with Crippen molar-refractivity contribution in [1.82, 2.24) is 62.1 Å². The Morgan fingerprint density at radius 3 is 0.508 bits per heavy atom. The second-order valence-electron chi connectivity index (χ2n) is 41.9. The van der Waals surface area contributed by atoms with E-state index in [0.29, 0.717) is 0 Å². The molecule has 28 heteroatoms. The van der Waals surface area contributed by atoms with E-state index >= 15 is 19.2 Å². The summed E-state index contributed by atoms with van der Waals surface area (Å²) < 4.78 is 0. The summed E-state index contributed by atoms with van der Waals surface area (Å²) in [6.07, 6.45) is 0.309. The summed E-state index contributed by atoms with van der Waals surface area (Å²) in [5, 5.41) is 136. The van der Waals surface area contributed by atoms with Gasteiger partial charge in [-0.15, -0.1) is 0 Å². The van der Waals surface area contributed by atoms with Crippen molar-refractivity contribution < 1.29 is 79.2 Å². The first-order chi connectivity index (χ1) is 57.0. The minimum Gasteiger partial charge on any atom is -0.507 e. The summed E-state index contributed by atoms with van der Waals surface area (Å²) >= 11 is 0. The number of amides is 12. The highest BCUT2D eigenvalue weighted by Gasteiger charge is 2.45. The standard InChI is InChI=1S/C96H156N12O16/c1-49(2)33-57-61-41-63(79(111)69(77(61)109)45-105(89(121)101-93(17,18)19)73(37-53(9)10)85(117)97-29)58(34-50(3)4)65-43-67(83(115)71(81(65)113)47-107(91(123)103-95(23,24)25)75(39-55(13)14)87(119)99-31)60(36-52(7)8)68-44-66(82(114)72(84(68)116)48-108(92(124)104-96(26,27)28)76(40-56(15)16)88(120)100-32)59(35-51(5)6)64-42-62(57)78(110)70(80(64)112)46-106(90(122)102-94(20,21)22)74(38-54(11)12)86(118)98-30/h41-44,49-60,73-76,109-116H,33-40,45-48H2,1-32H3,(H,97,117)(H,98,118)(H,99,119)(H,100,120)(H,101,121)(H,102,122)(H,103,123)(H,104,124)/t57?,58?,59?,60?,73-,74-,75-,76-/m0/s1. The summed E-state index contributed by atoms with van der Waals surface area (Å²) in [6.45, 7) is 48.6. The number of urea groups is 4. The largest absolute Gasteiger partial charge is 0.507 e. The molecule has 1 aliphatic rings. The predicted octanol–water partition coefficient (Wildman–Crippen LogP) is 16.2. The number of nitrogens with one attached hydrogen (secondary N) is 8. The van der Waals surface area contributed by atoms with Crippen LogP contribution in [0.15, 0.2) is 24.3 Å². The van der Waals surface area contributed by atoms with Crippen molar-refractivity contribution in [1.29, 1.82) is 0 Å². The van der Waals surface area contributed by atoms with Gasteiger partial charge in [0.25, 0.3) is 0 Å². The lowest BCUT2D eigenvalue weighted by atomic mass is 9.73. The van der Waals surface area contributed by atoms with Gasteiger partial charge in [0.05, 0.1) is 48.4 Å². The second-order valence-corrected chi connectivity index (χ2v) is 41.9. The molecule has 0 aromatic heterocycles. The van der Waals surface area contributed by atoms with Crippen molar-refractivity contribution in [3.05, 3.63) is 91.0 Å².